The number of para-hydroxylation sites is 1. The number of hydrogen-bond donors (Lipinski definition) is 1. The van der Waals surface area contributed by atoms with Crippen LogP contribution in [0.2, 0.25) is 0 Å². The molecule has 4 aromatic rings. The van der Waals surface area contributed by atoms with Crippen molar-refractivity contribution in [1.29, 1.82) is 0 Å². The molecule has 0 bridgehead atoms. The van der Waals surface area contributed by atoms with Crippen LogP contribution in [-0.2, 0) is 6.42 Å². The minimum absolute atomic E-state index is 0.145. The third-order valence-electron chi connectivity index (χ3n) is 4.76. The number of ether oxygens (including phenoxy) is 1. The molecule has 3 aromatic carbocycles. The first kappa shape index (κ1) is 20.3. The SMILES string of the molecule is Cc1ccc(-n2nc(C(=O)NCCOc3ccccc3)nc2Cc2ccccc2)cc1. The molecule has 0 aliphatic rings. The van der Waals surface area contributed by atoms with Crippen LogP contribution in [0, 0.1) is 6.92 Å². The highest BCUT2D eigenvalue weighted by Gasteiger charge is 2.17. The Morgan fingerprint density at radius 2 is 1.61 bits per heavy atom. The van der Waals surface area contributed by atoms with E-state index >= 15 is 0 Å². The zero-order chi connectivity index (χ0) is 21.5. The van der Waals surface area contributed by atoms with Gasteiger partial charge in [0.25, 0.3) is 5.91 Å². The summed E-state index contributed by atoms with van der Waals surface area (Å²) in [5.41, 5.74) is 3.13. The Labute approximate surface area is 181 Å². The number of benzene rings is 3. The number of hydrogen-bond acceptors (Lipinski definition) is 4. The number of nitrogens with one attached hydrogen (secondary N) is 1. The molecule has 0 spiro atoms. The maximum absolute atomic E-state index is 12.7. The number of rotatable bonds is 8. The molecule has 1 amide bonds. The first-order chi connectivity index (χ1) is 15.2. The first-order valence-electron chi connectivity index (χ1n) is 10.2. The van der Waals surface area contributed by atoms with Crippen molar-refractivity contribution in [3.05, 3.63) is 108 Å². The lowest BCUT2D eigenvalue weighted by atomic mass is 10.1. The molecule has 1 heterocycles. The van der Waals surface area contributed by atoms with E-state index in [-0.39, 0.29) is 11.7 Å². The van der Waals surface area contributed by atoms with Gasteiger partial charge >= 0.3 is 0 Å². The largest absolute Gasteiger partial charge is 0.492 e. The summed E-state index contributed by atoms with van der Waals surface area (Å²) in [6, 6.07) is 27.5. The van der Waals surface area contributed by atoms with Crippen molar-refractivity contribution in [2.24, 2.45) is 0 Å². The Kier molecular flexibility index (Phi) is 6.38. The topological polar surface area (TPSA) is 69.0 Å². The predicted octanol–water partition coefficient (Wildman–Crippen LogP) is 3.98. The lowest BCUT2D eigenvalue weighted by Gasteiger charge is -2.06. The second-order valence-corrected chi connectivity index (χ2v) is 7.18. The Morgan fingerprint density at radius 3 is 2.32 bits per heavy atom. The molecule has 0 saturated carbocycles. The molecule has 0 saturated heterocycles. The molecule has 1 N–H and O–H groups in total. The second-order valence-electron chi connectivity index (χ2n) is 7.18. The molecule has 0 fully saturated rings. The minimum atomic E-state index is -0.322. The van der Waals surface area contributed by atoms with Crippen molar-refractivity contribution in [2.45, 2.75) is 13.3 Å². The summed E-state index contributed by atoms with van der Waals surface area (Å²) < 4.78 is 7.36. The number of carbonyl (C=O) groups excluding carboxylic acids is 1. The average Bonchev–Trinajstić information content (AvgIpc) is 3.22. The number of carbonyl (C=O) groups is 1. The minimum Gasteiger partial charge on any atom is -0.492 e. The number of nitrogens with zero attached hydrogens (tertiary/aromatic N) is 3. The van der Waals surface area contributed by atoms with Crippen molar-refractivity contribution >= 4 is 5.91 Å². The lowest BCUT2D eigenvalue weighted by Crippen LogP contribution is -2.29. The van der Waals surface area contributed by atoms with Crippen LogP contribution in [0.25, 0.3) is 5.69 Å². The molecular formula is C25H24N4O2. The highest BCUT2D eigenvalue weighted by molar-refractivity contribution is 5.90. The van der Waals surface area contributed by atoms with Crippen LogP contribution in [0.1, 0.15) is 27.6 Å². The molecule has 0 aliphatic heterocycles. The van der Waals surface area contributed by atoms with Gasteiger partial charge in [-0.2, -0.15) is 0 Å². The number of amides is 1. The summed E-state index contributed by atoms with van der Waals surface area (Å²) in [5, 5.41) is 7.33. The molecule has 31 heavy (non-hydrogen) atoms. The summed E-state index contributed by atoms with van der Waals surface area (Å²) in [4.78, 5) is 17.2. The van der Waals surface area contributed by atoms with Gasteiger partial charge in [-0.05, 0) is 36.8 Å². The van der Waals surface area contributed by atoms with Gasteiger partial charge in [0.15, 0.2) is 0 Å². The van der Waals surface area contributed by atoms with E-state index in [2.05, 4.69) is 15.4 Å². The molecule has 156 valence electrons. The normalized spacial score (nSPS) is 10.6. The summed E-state index contributed by atoms with van der Waals surface area (Å²) in [6.07, 6.45) is 0.576. The maximum Gasteiger partial charge on any atom is 0.291 e. The predicted molar refractivity (Wildman–Crippen MR) is 120 cm³/mol. The Bertz CT molecular complexity index is 1120. The molecule has 6 heteroatoms. The van der Waals surface area contributed by atoms with Crippen LogP contribution < -0.4 is 10.1 Å². The van der Waals surface area contributed by atoms with E-state index in [0.717, 1.165) is 22.6 Å². The number of aryl methyl sites for hydroxylation is 1. The third kappa shape index (κ3) is 5.36. The van der Waals surface area contributed by atoms with E-state index in [1.807, 2.05) is 91.9 Å². The van der Waals surface area contributed by atoms with Crippen LogP contribution in [0.5, 0.6) is 5.75 Å². The van der Waals surface area contributed by atoms with Gasteiger partial charge in [0.2, 0.25) is 5.82 Å². The summed E-state index contributed by atoms with van der Waals surface area (Å²) >= 11 is 0. The standard InChI is InChI=1S/C25H24N4O2/c1-19-12-14-21(15-13-19)29-23(18-20-8-4-2-5-9-20)27-24(28-29)25(30)26-16-17-31-22-10-6-3-7-11-22/h2-15H,16-18H2,1H3,(H,26,30). The zero-order valence-electron chi connectivity index (χ0n) is 17.4. The fourth-order valence-electron chi connectivity index (χ4n) is 3.16. The fraction of sp³-hybridized carbons (Fsp3) is 0.160. The molecule has 0 unspecified atom stereocenters. The Morgan fingerprint density at radius 1 is 0.935 bits per heavy atom. The van der Waals surface area contributed by atoms with Gasteiger partial charge in [0, 0.05) is 6.42 Å². The van der Waals surface area contributed by atoms with Crippen LogP contribution >= 0.6 is 0 Å². The molecule has 6 nitrogen and oxygen atoms in total. The van der Waals surface area contributed by atoms with E-state index in [1.54, 1.807) is 4.68 Å². The summed E-state index contributed by atoms with van der Waals surface area (Å²) in [7, 11) is 0. The molecule has 0 aliphatic carbocycles. The van der Waals surface area contributed by atoms with Crippen molar-refractivity contribution in [3.63, 3.8) is 0 Å². The van der Waals surface area contributed by atoms with Crippen molar-refractivity contribution in [2.75, 3.05) is 13.2 Å². The van der Waals surface area contributed by atoms with Crippen molar-refractivity contribution in [1.82, 2.24) is 20.1 Å². The average molecular weight is 412 g/mol. The van der Waals surface area contributed by atoms with Crippen LogP contribution in [0.15, 0.2) is 84.9 Å². The summed E-state index contributed by atoms with van der Waals surface area (Å²) in [5.74, 6) is 1.30. The van der Waals surface area contributed by atoms with Gasteiger partial charge in [-0.3, -0.25) is 4.79 Å². The van der Waals surface area contributed by atoms with E-state index in [1.165, 1.54) is 0 Å². The zero-order valence-corrected chi connectivity index (χ0v) is 17.4. The molecule has 4 rings (SSSR count). The second kappa shape index (κ2) is 9.71. The van der Waals surface area contributed by atoms with E-state index in [9.17, 15) is 4.79 Å². The molecular weight excluding hydrogens is 388 g/mol. The summed E-state index contributed by atoms with van der Waals surface area (Å²) in [6.45, 7) is 2.76. The highest BCUT2D eigenvalue weighted by atomic mass is 16.5. The van der Waals surface area contributed by atoms with Crippen LogP contribution in [-0.4, -0.2) is 33.8 Å². The van der Waals surface area contributed by atoms with Gasteiger partial charge in [0.05, 0.1) is 12.2 Å². The van der Waals surface area contributed by atoms with Gasteiger partial charge in [-0.1, -0.05) is 66.2 Å². The fourth-order valence-corrected chi connectivity index (χ4v) is 3.16. The highest BCUT2D eigenvalue weighted by Crippen LogP contribution is 2.15. The maximum atomic E-state index is 12.7. The van der Waals surface area contributed by atoms with Crippen LogP contribution in [0.4, 0.5) is 0 Å². The molecule has 1 aromatic heterocycles. The quantitative estimate of drug-likeness (QED) is 0.445. The van der Waals surface area contributed by atoms with Gasteiger partial charge in [0.1, 0.15) is 18.2 Å². The van der Waals surface area contributed by atoms with Crippen molar-refractivity contribution < 1.29 is 9.53 Å². The number of aromatic nitrogens is 3. The molecule has 0 atom stereocenters. The first-order valence-corrected chi connectivity index (χ1v) is 10.2. The van der Waals surface area contributed by atoms with E-state index < -0.39 is 0 Å². The van der Waals surface area contributed by atoms with Gasteiger partial charge in [-0.25, -0.2) is 9.67 Å². The van der Waals surface area contributed by atoms with Crippen LogP contribution in [0.3, 0.4) is 0 Å². The smallest absolute Gasteiger partial charge is 0.291 e. The Hall–Kier alpha value is -3.93. The van der Waals surface area contributed by atoms with Gasteiger partial charge < -0.3 is 10.1 Å². The van der Waals surface area contributed by atoms with Gasteiger partial charge in [-0.15, -0.1) is 5.10 Å². The lowest BCUT2D eigenvalue weighted by molar-refractivity contribution is 0.0936. The Balaban J connectivity index is 1.48. The monoisotopic (exact) mass is 412 g/mol. The van der Waals surface area contributed by atoms with Crippen molar-refractivity contribution in [3.8, 4) is 11.4 Å². The van der Waals surface area contributed by atoms with E-state index in [0.29, 0.717) is 25.4 Å². The van der Waals surface area contributed by atoms with E-state index in [4.69, 9.17) is 4.74 Å². The third-order valence-corrected chi connectivity index (χ3v) is 4.76. The molecule has 0 radical (unpaired) electrons.